The van der Waals surface area contributed by atoms with E-state index in [0.717, 1.165) is 0 Å². The maximum Gasteiger partial charge on any atom is 0.323 e. The van der Waals surface area contributed by atoms with Crippen molar-refractivity contribution in [3.05, 3.63) is 54.1 Å². The first-order valence-electron chi connectivity index (χ1n) is 6.20. The van der Waals surface area contributed by atoms with Gasteiger partial charge in [0.2, 0.25) is 5.91 Å². The number of nitrogens with two attached hydrogens (primary N) is 1. The summed E-state index contributed by atoms with van der Waals surface area (Å²) in [5, 5.41) is 5.33. The molecule has 2 rings (SSSR count). The lowest BCUT2D eigenvalue weighted by molar-refractivity contribution is 0.100. The molecule has 108 valence electrons. The summed E-state index contributed by atoms with van der Waals surface area (Å²) >= 11 is 0. The van der Waals surface area contributed by atoms with Crippen LogP contribution in [0.5, 0.6) is 5.75 Å². The molecule has 2 aromatic rings. The van der Waals surface area contributed by atoms with E-state index in [1.165, 1.54) is 0 Å². The van der Waals surface area contributed by atoms with Gasteiger partial charge in [0.05, 0.1) is 7.11 Å². The molecule has 0 saturated carbocycles. The van der Waals surface area contributed by atoms with E-state index >= 15 is 0 Å². The minimum Gasteiger partial charge on any atom is -0.497 e. The zero-order valence-electron chi connectivity index (χ0n) is 11.4. The van der Waals surface area contributed by atoms with Crippen LogP contribution in [0.15, 0.2) is 48.5 Å². The number of carbonyl (C=O) groups excluding carboxylic acids is 2. The standard InChI is InChI=1S/C15H15N3O3/c1-21-13-4-2-3-12(9-13)18-15(20)17-11-7-5-10(6-8-11)14(16)19/h2-9H,1H3,(H2,16,19)(H2,17,18,20). The number of hydrogen-bond donors (Lipinski definition) is 3. The van der Waals surface area contributed by atoms with Gasteiger partial charge in [-0.2, -0.15) is 0 Å². The second-order valence-corrected chi connectivity index (χ2v) is 4.25. The van der Waals surface area contributed by atoms with Gasteiger partial charge in [-0.05, 0) is 36.4 Å². The Morgan fingerprint density at radius 3 is 2.29 bits per heavy atom. The van der Waals surface area contributed by atoms with Gasteiger partial charge >= 0.3 is 6.03 Å². The lowest BCUT2D eigenvalue weighted by Crippen LogP contribution is -2.19. The fourth-order valence-corrected chi connectivity index (χ4v) is 1.71. The van der Waals surface area contributed by atoms with Crippen molar-refractivity contribution in [2.75, 3.05) is 17.7 Å². The van der Waals surface area contributed by atoms with Crippen molar-refractivity contribution in [3.63, 3.8) is 0 Å². The maximum absolute atomic E-state index is 11.8. The average Bonchev–Trinajstić information content (AvgIpc) is 2.47. The molecule has 0 aromatic heterocycles. The van der Waals surface area contributed by atoms with Gasteiger partial charge in [0, 0.05) is 23.0 Å². The molecule has 0 unspecified atom stereocenters. The number of methoxy groups -OCH3 is 1. The molecule has 6 nitrogen and oxygen atoms in total. The summed E-state index contributed by atoms with van der Waals surface area (Å²) in [6.07, 6.45) is 0. The van der Waals surface area contributed by atoms with Crippen LogP contribution in [-0.2, 0) is 0 Å². The predicted octanol–water partition coefficient (Wildman–Crippen LogP) is 2.44. The van der Waals surface area contributed by atoms with Gasteiger partial charge in [-0.1, -0.05) is 6.07 Å². The van der Waals surface area contributed by atoms with E-state index in [-0.39, 0.29) is 0 Å². The maximum atomic E-state index is 11.8. The largest absolute Gasteiger partial charge is 0.497 e. The normalized spacial score (nSPS) is 9.76. The molecule has 3 amide bonds. The third-order valence-electron chi connectivity index (χ3n) is 2.75. The molecule has 0 radical (unpaired) electrons. The molecule has 0 fully saturated rings. The number of ether oxygens (including phenoxy) is 1. The topological polar surface area (TPSA) is 93.4 Å². The van der Waals surface area contributed by atoms with Gasteiger partial charge in [-0.3, -0.25) is 4.79 Å². The number of carbonyl (C=O) groups is 2. The Balaban J connectivity index is 1.99. The molecule has 0 aliphatic rings. The first-order chi connectivity index (χ1) is 10.1. The summed E-state index contributed by atoms with van der Waals surface area (Å²) in [7, 11) is 1.56. The van der Waals surface area contributed by atoms with Crippen LogP contribution in [0.25, 0.3) is 0 Å². The number of rotatable bonds is 4. The number of urea groups is 1. The van der Waals surface area contributed by atoms with Crippen molar-refractivity contribution in [2.24, 2.45) is 5.73 Å². The highest BCUT2D eigenvalue weighted by molar-refractivity contribution is 6.00. The zero-order chi connectivity index (χ0) is 15.2. The van der Waals surface area contributed by atoms with E-state index in [1.807, 2.05) is 0 Å². The van der Waals surface area contributed by atoms with Gasteiger partial charge < -0.3 is 21.1 Å². The Morgan fingerprint density at radius 2 is 1.67 bits per heavy atom. The summed E-state index contributed by atoms with van der Waals surface area (Å²) in [6, 6.07) is 12.9. The SMILES string of the molecule is COc1cccc(NC(=O)Nc2ccc(C(N)=O)cc2)c1. The van der Waals surface area contributed by atoms with E-state index in [4.69, 9.17) is 10.5 Å². The van der Waals surface area contributed by atoms with Crippen molar-refractivity contribution in [1.82, 2.24) is 0 Å². The van der Waals surface area contributed by atoms with Crippen molar-refractivity contribution in [2.45, 2.75) is 0 Å². The van der Waals surface area contributed by atoms with Gasteiger partial charge in [0.25, 0.3) is 0 Å². The highest BCUT2D eigenvalue weighted by Crippen LogP contribution is 2.17. The highest BCUT2D eigenvalue weighted by Gasteiger charge is 2.05. The second-order valence-electron chi connectivity index (χ2n) is 4.25. The summed E-state index contributed by atoms with van der Waals surface area (Å²) in [6.45, 7) is 0. The van der Waals surface area contributed by atoms with Gasteiger partial charge in [0.15, 0.2) is 0 Å². The first-order valence-corrected chi connectivity index (χ1v) is 6.20. The molecule has 0 saturated heterocycles. The molecule has 0 atom stereocenters. The Morgan fingerprint density at radius 1 is 1.00 bits per heavy atom. The molecule has 0 bridgehead atoms. The van der Waals surface area contributed by atoms with E-state index in [0.29, 0.717) is 22.7 Å². The summed E-state index contributed by atoms with van der Waals surface area (Å²) < 4.78 is 5.07. The predicted molar refractivity (Wildman–Crippen MR) is 80.6 cm³/mol. The Kier molecular flexibility index (Phi) is 4.40. The number of amides is 3. The number of primary amides is 1. The average molecular weight is 285 g/mol. The van der Waals surface area contributed by atoms with Crippen LogP contribution in [0.4, 0.5) is 16.2 Å². The lowest BCUT2D eigenvalue weighted by atomic mass is 10.2. The van der Waals surface area contributed by atoms with Crippen LogP contribution in [0, 0.1) is 0 Å². The van der Waals surface area contributed by atoms with E-state index in [9.17, 15) is 9.59 Å². The van der Waals surface area contributed by atoms with Gasteiger partial charge in [-0.25, -0.2) is 4.79 Å². The Hall–Kier alpha value is -3.02. The number of hydrogen-bond acceptors (Lipinski definition) is 3. The summed E-state index contributed by atoms with van der Waals surface area (Å²) in [5.41, 5.74) is 6.69. The lowest BCUT2D eigenvalue weighted by Gasteiger charge is -2.09. The molecular weight excluding hydrogens is 270 g/mol. The van der Waals surface area contributed by atoms with Crippen molar-refractivity contribution in [1.29, 1.82) is 0 Å². The third-order valence-corrected chi connectivity index (χ3v) is 2.75. The van der Waals surface area contributed by atoms with E-state index < -0.39 is 11.9 Å². The fraction of sp³-hybridized carbons (Fsp3) is 0.0667. The number of benzene rings is 2. The van der Waals surface area contributed by atoms with Crippen molar-refractivity contribution < 1.29 is 14.3 Å². The van der Waals surface area contributed by atoms with Crippen LogP contribution in [-0.4, -0.2) is 19.0 Å². The van der Waals surface area contributed by atoms with E-state index in [2.05, 4.69) is 10.6 Å². The van der Waals surface area contributed by atoms with Crippen molar-refractivity contribution in [3.8, 4) is 5.75 Å². The number of anilines is 2. The molecule has 0 heterocycles. The Labute approximate surface area is 121 Å². The molecule has 21 heavy (non-hydrogen) atoms. The molecule has 0 aliphatic carbocycles. The van der Waals surface area contributed by atoms with Crippen molar-refractivity contribution >= 4 is 23.3 Å². The Bertz CT molecular complexity index is 653. The van der Waals surface area contributed by atoms with Crippen LogP contribution in [0.3, 0.4) is 0 Å². The summed E-state index contributed by atoms with van der Waals surface area (Å²) in [5.74, 6) is 0.140. The molecular formula is C15H15N3O3. The second kappa shape index (κ2) is 6.42. The smallest absolute Gasteiger partial charge is 0.323 e. The monoisotopic (exact) mass is 285 g/mol. The minimum atomic E-state index is -0.512. The van der Waals surface area contributed by atoms with Gasteiger partial charge in [0.1, 0.15) is 5.75 Å². The zero-order valence-corrected chi connectivity index (χ0v) is 11.4. The molecule has 6 heteroatoms. The minimum absolute atomic E-state index is 0.383. The van der Waals surface area contributed by atoms with Crippen LogP contribution in [0.1, 0.15) is 10.4 Å². The quantitative estimate of drug-likeness (QED) is 0.805. The van der Waals surface area contributed by atoms with E-state index in [1.54, 1.807) is 55.6 Å². The summed E-state index contributed by atoms with van der Waals surface area (Å²) in [4.78, 5) is 22.8. The molecule has 4 N–H and O–H groups in total. The van der Waals surface area contributed by atoms with Crippen LogP contribution in [0.2, 0.25) is 0 Å². The number of nitrogens with one attached hydrogen (secondary N) is 2. The third kappa shape index (κ3) is 3.97. The highest BCUT2D eigenvalue weighted by atomic mass is 16.5. The van der Waals surface area contributed by atoms with Crippen LogP contribution >= 0.6 is 0 Å². The molecule has 0 spiro atoms. The first kappa shape index (κ1) is 14.4. The molecule has 0 aliphatic heterocycles. The van der Waals surface area contributed by atoms with Gasteiger partial charge in [-0.15, -0.1) is 0 Å². The van der Waals surface area contributed by atoms with Crippen LogP contribution < -0.4 is 21.1 Å². The molecule has 2 aromatic carbocycles. The fourth-order valence-electron chi connectivity index (χ4n) is 1.71.